The number of rotatable bonds is 9. The predicted molar refractivity (Wildman–Crippen MR) is 91.9 cm³/mol. The van der Waals surface area contributed by atoms with Gasteiger partial charge in [0.1, 0.15) is 6.61 Å². The molecule has 0 radical (unpaired) electrons. The summed E-state index contributed by atoms with van der Waals surface area (Å²) >= 11 is 0. The van der Waals surface area contributed by atoms with Crippen molar-refractivity contribution in [2.45, 2.75) is 27.0 Å². The molecule has 0 atom stereocenters. The Labute approximate surface area is 138 Å². The average Bonchev–Trinajstić information content (AvgIpc) is 2.55. The summed E-state index contributed by atoms with van der Waals surface area (Å²) in [7, 11) is 0. The molecule has 2 N–H and O–H groups in total. The van der Waals surface area contributed by atoms with Gasteiger partial charge in [0, 0.05) is 13.1 Å². The molecule has 0 amide bonds. The maximum Gasteiger partial charge on any atom is 0.161 e. The quantitative estimate of drug-likeness (QED) is 0.698. The van der Waals surface area contributed by atoms with Gasteiger partial charge in [-0.05, 0) is 37.1 Å². The van der Waals surface area contributed by atoms with Crippen molar-refractivity contribution >= 4 is 0 Å². The van der Waals surface area contributed by atoms with Gasteiger partial charge in [-0.2, -0.15) is 0 Å². The van der Waals surface area contributed by atoms with Crippen LogP contribution in [0.25, 0.3) is 0 Å². The van der Waals surface area contributed by atoms with E-state index in [1.54, 1.807) is 0 Å². The molecule has 4 nitrogen and oxygen atoms in total. The van der Waals surface area contributed by atoms with Crippen LogP contribution in [0.4, 0.5) is 0 Å². The zero-order chi connectivity index (χ0) is 16.5. The van der Waals surface area contributed by atoms with E-state index in [9.17, 15) is 0 Å². The van der Waals surface area contributed by atoms with Crippen LogP contribution in [-0.4, -0.2) is 24.9 Å². The molecule has 0 saturated heterocycles. The second-order valence-electron chi connectivity index (χ2n) is 5.39. The Morgan fingerprint density at radius 1 is 1.00 bits per heavy atom. The van der Waals surface area contributed by atoms with Gasteiger partial charge in [0.05, 0.1) is 13.2 Å². The van der Waals surface area contributed by atoms with Crippen LogP contribution >= 0.6 is 0 Å². The highest BCUT2D eigenvalue weighted by Crippen LogP contribution is 2.29. The third kappa shape index (κ3) is 5.58. The Morgan fingerprint density at radius 3 is 2.61 bits per heavy atom. The molecule has 0 spiro atoms. The minimum Gasteiger partial charge on any atom is -0.490 e. The molecule has 0 aliphatic heterocycles. The Kier molecular flexibility index (Phi) is 6.91. The molecular formula is C19H25NO3. The first-order valence-corrected chi connectivity index (χ1v) is 7.98. The molecule has 23 heavy (non-hydrogen) atoms. The number of hydrogen-bond donors (Lipinski definition) is 2. The fourth-order valence-corrected chi connectivity index (χ4v) is 2.32. The monoisotopic (exact) mass is 315 g/mol. The van der Waals surface area contributed by atoms with E-state index in [4.69, 9.17) is 14.6 Å². The maximum absolute atomic E-state index is 8.82. The van der Waals surface area contributed by atoms with E-state index >= 15 is 0 Å². The van der Waals surface area contributed by atoms with Crippen LogP contribution in [0.3, 0.4) is 0 Å². The van der Waals surface area contributed by atoms with Gasteiger partial charge in [0.15, 0.2) is 11.5 Å². The molecule has 0 bridgehead atoms. The van der Waals surface area contributed by atoms with E-state index in [0.29, 0.717) is 26.3 Å². The first kappa shape index (κ1) is 17.3. The van der Waals surface area contributed by atoms with Crippen LogP contribution in [0.2, 0.25) is 0 Å². The summed E-state index contributed by atoms with van der Waals surface area (Å²) in [5, 5.41) is 12.0. The summed E-state index contributed by atoms with van der Waals surface area (Å²) in [6.45, 7) is 6.55. The third-order valence-corrected chi connectivity index (χ3v) is 3.40. The van der Waals surface area contributed by atoms with Gasteiger partial charge in [-0.1, -0.05) is 35.9 Å². The zero-order valence-corrected chi connectivity index (χ0v) is 13.8. The summed E-state index contributed by atoms with van der Waals surface area (Å²) in [6, 6.07) is 14.2. The lowest BCUT2D eigenvalue weighted by Gasteiger charge is -2.14. The van der Waals surface area contributed by atoms with Crippen molar-refractivity contribution in [1.82, 2.24) is 5.32 Å². The molecule has 0 heterocycles. The fraction of sp³-hybridized carbons (Fsp3) is 0.368. The van der Waals surface area contributed by atoms with E-state index in [-0.39, 0.29) is 6.61 Å². The van der Waals surface area contributed by atoms with E-state index in [2.05, 4.69) is 30.4 Å². The van der Waals surface area contributed by atoms with Crippen molar-refractivity contribution in [3.05, 3.63) is 59.2 Å². The maximum atomic E-state index is 8.82. The zero-order valence-electron chi connectivity index (χ0n) is 13.8. The van der Waals surface area contributed by atoms with Gasteiger partial charge < -0.3 is 19.9 Å². The number of aryl methyl sites for hydroxylation is 1. The van der Waals surface area contributed by atoms with Gasteiger partial charge in [0.25, 0.3) is 0 Å². The lowest BCUT2D eigenvalue weighted by molar-refractivity contribution is 0.269. The van der Waals surface area contributed by atoms with Gasteiger partial charge in [-0.25, -0.2) is 0 Å². The van der Waals surface area contributed by atoms with Crippen molar-refractivity contribution < 1.29 is 14.6 Å². The standard InChI is InChI=1S/C19H25NO3/c1-3-22-19-12-16(13-20-9-10-21)7-8-18(19)23-14-17-6-4-5-15(2)11-17/h4-8,11-12,20-21H,3,9-10,13-14H2,1-2H3. The Bertz CT molecular complexity index is 613. The van der Waals surface area contributed by atoms with Crippen LogP contribution in [0.5, 0.6) is 11.5 Å². The molecule has 0 unspecified atom stereocenters. The van der Waals surface area contributed by atoms with Crippen LogP contribution in [0.1, 0.15) is 23.6 Å². The van der Waals surface area contributed by atoms with Crippen LogP contribution in [0, 0.1) is 6.92 Å². The topological polar surface area (TPSA) is 50.7 Å². The highest BCUT2D eigenvalue weighted by molar-refractivity contribution is 5.43. The second-order valence-corrected chi connectivity index (χ2v) is 5.39. The summed E-state index contributed by atoms with van der Waals surface area (Å²) in [5.74, 6) is 1.50. The highest BCUT2D eigenvalue weighted by atomic mass is 16.5. The van der Waals surface area contributed by atoms with E-state index in [1.807, 2.05) is 31.2 Å². The van der Waals surface area contributed by atoms with Gasteiger partial charge in [-0.3, -0.25) is 0 Å². The minimum atomic E-state index is 0.135. The van der Waals surface area contributed by atoms with E-state index < -0.39 is 0 Å². The van der Waals surface area contributed by atoms with Gasteiger partial charge in [-0.15, -0.1) is 0 Å². The minimum absolute atomic E-state index is 0.135. The summed E-state index contributed by atoms with van der Waals surface area (Å²) in [4.78, 5) is 0. The number of hydrogen-bond acceptors (Lipinski definition) is 4. The first-order chi connectivity index (χ1) is 11.2. The number of nitrogens with one attached hydrogen (secondary N) is 1. The van der Waals surface area contributed by atoms with Crippen molar-refractivity contribution in [3.63, 3.8) is 0 Å². The molecule has 2 aromatic rings. The molecule has 0 aliphatic carbocycles. The summed E-state index contributed by atoms with van der Waals surface area (Å²) in [6.07, 6.45) is 0. The first-order valence-electron chi connectivity index (χ1n) is 7.98. The number of benzene rings is 2. The number of aliphatic hydroxyl groups is 1. The molecule has 124 valence electrons. The Balaban J connectivity index is 2.04. The van der Waals surface area contributed by atoms with Crippen LogP contribution in [-0.2, 0) is 13.2 Å². The third-order valence-electron chi connectivity index (χ3n) is 3.40. The molecule has 0 fully saturated rings. The summed E-state index contributed by atoms with van der Waals surface area (Å²) in [5.41, 5.74) is 3.47. The largest absolute Gasteiger partial charge is 0.490 e. The highest BCUT2D eigenvalue weighted by Gasteiger charge is 2.07. The van der Waals surface area contributed by atoms with E-state index in [0.717, 1.165) is 22.6 Å². The van der Waals surface area contributed by atoms with Crippen LogP contribution < -0.4 is 14.8 Å². The number of aliphatic hydroxyl groups excluding tert-OH is 1. The van der Waals surface area contributed by atoms with Crippen molar-refractivity contribution in [1.29, 1.82) is 0 Å². The normalized spacial score (nSPS) is 10.6. The molecule has 2 rings (SSSR count). The van der Waals surface area contributed by atoms with Gasteiger partial charge >= 0.3 is 0 Å². The molecule has 0 saturated carbocycles. The Hall–Kier alpha value is -2.04. The number of ether oxygens (including phenoxy) is 2. The predicted octanol–water partition coefficient (Wildman–Crippen LogP) is 3.05. The van der Waals surface area contributed by atoms with Gasteiger partial charge in [0.2, 0.25) is 0 Å². The fourth-order valence-electron chi connectivity index (χ4n) is 2.32. The molecule has 0 aliphatic rings. The van der Waals surface area contributed by atoms with Crippen molar-refractivity contribution in [2.24, 2.45) is 0 Å². The lowest BCUT2D eigenvalue weighted by atomic mass is 10.1. The molecule has 4 heteroatoms. The smallest absolute Gasteiger partial charge is 0.161 e. The second kappa shape index (κ2) is 9.18. The van der Waals surface area contributed by atoms with Crippen molar-refractivity contribution in [2.75, 3.05) is 19.8 Å². The Morgan fingerprint density at radius 2 is 1.87 bits per heavy atom. The van der Waals surface area contributed by atoms with Crippen LogP contribution in [0.15, 0.2) is 42.5 Å². The molecule has 2 aromatic carbocycles. The summed E-state index contributed by atoms with van der Waals surface area (Å²) < 4.78 is 11.6. The molecular weight excluding hydrogens is 290 g/mol. The van der Waals surface area contributed by atoms with E-state index in [1.165, 1.54) is 5.56 Å². The molecule has 0 aromatic heterocycles. The SMILES string of the molecule is CCOc1cc(CNCCO)ccc1OCc1cccc(C)c1. The lowest BCUT2D eigenvalue weighted by Crippen LogP contribution is -2.17. The van der Waals surface area contributed by atoms with Crippen molar-refractivity contribution in [3.8, 4) is 11.5 Å². The average molecular weight is 315 g/mol.